The number of carbonyl (C=O) groups excluding carboxylic acids is 1. The molecule has 94 valence electrons. The van der Waals surface area contributed by atoms with Crippen LogP contribution >= 0.6 is 0 Å². The van der Waals surface area contributed by atoms with Crippen molar-refractivity contribution < 1.29 is 4.79 Å². The zero-order valence-corrected chi connectivity index (χ0v) is 10.7. The quantitative estimate of drug-likeness (QED) is 0.726. The van der Waals surface area contributed by atoms with E-state index in [0.717, 1.165) is 19.4 Å². The number of hydrogen-bond donors (Lipinski definition) is 2. The normalized spacial score (nSPS) is 30.2. The van der Waals surface area contributed by atoms with Crippen LogP contribution in [0.15, 0.2) is 0 Å². The van der Waals surface area contributed by atoms with Gasteiger partial charge in [0.15, 0.2) is 0 Å². The fraction of sp³-hybridized carbons (Fsp3) is 0.917. The molecule has 0 aliphatic heterocycles. The minimum Gasteiger partial charge on any atom is -0.368 e. The second-order valence-electron chi connectivity index (χ2n) is 5.58. The average Bonchev–Trinajstić information content (AvgIpc) is 2.59. The molecule has 0 aromatic carbocycles. The molecular weight excluding hydrogens is 202 g/mol. The molecule has 1 aliphatic carbocycles. The third kappa shape index (κ3) is 3.19. The molecule has 2 atom stereocenters. The Kier molecular flexibility index (Phi) is 4.33. The Bertz CT molecular complexity index is 255. The summed E-state index contributed by atoms with van der Waals surface area (Å²) in [5.41, 5.74) is 10.6. The van der Waals surface area contributed by atoms with E-state index < -0.39 is 5.54 Å². The molecule has 2 unspecified atom stereocenters. The van der Waals surface area contributed by atoms with Crippen molar-refractivity contribution in [1.82, 2.24) is 4.90 Å². The zero-order valence-electron chi connectivity index (χ0n) is 10.7. The largest absolute Gasteiger partial charge is 0.368 e. The molecule has 1 rings (SSSR count). The highest BCUT2D eigenvalue weighted by molar-refractivity contribution is 5.84. The van der Waals surface area contributed by atoms with Crippen molar-refractivity contribution >= 4 is 5.91 Å². The molecule has 1 amide bonds. The molecular formula is C12H25N3O. The van der Waals surface area contributed by atoms with Crippen LogP contribution in [0.25, 0.3) is 0 Å². The van der Waals surface area contributed by atoms with Crippen molar-refractivity contribution in [1.29, 1.82) is 0 Å². The van der Waals surface area contributed by atoms with Crippen molar-refractivity contribution in [3.05, 3.63) is 0 Å². The molecule has 4 nitrogen and oxygen atoms in total. The number of nitrogens with zero attached hydrogens (tertiary/aromatic N) is 1. The van der Waals surface area contributed by atoms with Crippen LogP contribution in [0.2, 0.25) is 0 Å². The van der Waals surface area contributed by atoms with Crippen LogP contribution in [0.4, 0.5) is 0 Å². The van der Waals surface area contributed by atoms with Gasteiger partial charge < -0.3 is 16.4 Å². The van der Waals surface area contributed by atoms with E-state index in [4.69, 9.17) is 11.5 Å². The summed E-state index contributed by atoms with van der Waals surface area (Å²) >= 11 is 0. The number of nitrogens with two attached hydrogens (primary N) is 2. The van der Waals surface area contributed by atoms with Crippen molar-refractivity contribution in [2.24, 2.45) is 17.4 Å². The number of carbonyl (C=O) groups is 1. The van der Waals surface area contributed by atoms with Crippen LogP contribution in [0.5, 0.6) is 0 Å². The fourth-order valence-corrected chi connectivity index (χ4v) is 2.29. The first-order valence-corrected chi connectivity index (χ1v) is 6.14. The first-order chi connectivity index (χ1) is 7.35. The van der Waals surface area contributed by atoms with Gasteiger partial charge in [0.2, 0.25) is 5.91 Å². The van der Waals surface area contributed by atoms with Gasteiger partial charge in [-0.05, 0) is 45.2 Å². The lowest BCUT2D eigenvalue weighted by Gasteiger charge is -2.26. The third-order valence-electron chi connectivity index (χ3n) is 3.70. The van der Waals surface area contributed by atoms with Gasteiger partial charge in [-0.2, -0.15) is 0 Å². The summed E-state index contributed by atoms with van der Waals surface area (Å²) in [6.07, 6.45) is 3.59. The van der Waals surface area contributed by atoms with Gasteiger partial charge in [-0.1, -0.05) is 13.8 Å². The Morgan fingerprint density at radius 3 is 2.62 bits per heavy atom. The molecule has 4 N–H and O–H groups in total. The standard InChI is InChI=1S/C12H25N3O/c1-9(2)5-7-15(3)10-4-6-12(14,8-10)11(13)16/h9-10H,4-8,14H2,1-3H3,(H2,13,16). The maximum absolute atomic E-state index is 11.2. The average molecular weight is 227 g/mol. The maximum atomic E-state index is 11.2. The molecule has 1 fully saturated rings. The van der Waals surface area contributed by atoms with Gasteiger partial charge in [-0.25, -0.2) is 0 Å². The monoisotopic (exact) mass is 227 g/mol. The van der Waals surface area contributed by atoms with Gasteiger partial charge in [0.25, 0.3) is 0 Å². The highest BCUT2D eigenvalue weighted by Gasteiger charge is 2.41. The lowest BCUT2D eigenvalue weighted by molar-refractivity contribution is -0.123. The summed E-state index contributed by atoms with van der Waals surface area (Å²) < 4.78 is 0. The highest BCUT2D eigenvalue weighted by Crippen LogP contribution is 2.30. The van der Waals surface area contributed by atoms with Crippen molar-refractivity contribution in [2.75, 3.05) is 13.6 Å². The smallest absolute Gasteiger partial charge is 0.237 e. The molecule has 0 radical (unpaired) electrons. The van der Waals surface area contributed by atoms with Crippen molar-refractivity contribution in [3.8, 4) is 0 Å². The third-order valence-corrected chi connectivity index (χ3v) is 3.70. The van der Waals surface area contributed by atoms with Gasteiger partial charge in [-0.15, -0.1) is 0 Å². The fourth-order valence-electron chi connectivity index (χ4n) is 2.29. The number of primary amides is 1. The lowest BCUT2D eigenvalue weighted by Crippen LogP contribution is -2.51. The van der Waals surface area contributed by atoms with Crippen LogP contribution < -0.4 is 11.5 Å². The molecule has 0 heterocycles. The van der Waals surface area contributed by atoms with E-state index in [0.29, 0.717) is 18.4 Å². The lowest BCUT2D eigenvalue weighted by atomic mass is 9.98. The zero-order chi connectivity index (χ0) is 12.3. The van der Waals surface area contributed by atoms with E-state index in [1.54, 1.807) is 0 Å². The summed E-state index contributed by atoms with van der Waals surface area (Å²) in [5, 5.41) is 0. The number of amides is 1. The minimum absolute atomic E-state index is 0.354. The van der Waals surface area contributed by atoms with Gasteiger partial charge in [0, 0.05) is 6.04 Å². The minimum atomic E-state index is -0.767. The Balaban J connectivity index is 2.43. The van der Waals surface area contributed by atoms with E-state index in [1.165, 1.54) is 6.42 Å². The topological polar surface area (TPSA) is 72.3 Å². The van der Waals surface area contributed by atoms with Gasteiger partial charge in [0.1, 0.15) is 0 Å². The SMILES string of the molecule is CC(C)CCN(C)C1CCC(N)(C(N)=O)C1. The summed E-state index contributed by atoms with van der Waals surface area (Å²) in [5.74, 6) is 0.356. The van der Waals surface area contributed by atoms with Gasteiger partial charge in [0.05, 0.1) is 5.54 Å². The molecule has 1 saturated carbocycles. The molecule has 0 saturated heterocycles. The maximum Gasteiger partial charge on any atom is 0.237 e. The van der Waals surface area contributed by atoms with Gasteiger partial charge >= 0.3 is 0 Å². The Morgan fingerprint density at radius 2 is 2.19 bits per heavy atom. The predicted octanol–water partition coefficient (Wildman–Crippen LogP) is 0.700. The molecule has 0 aromatic rings. The summed E-state index contributed by atoms with van der Waals surface area (Å²) in [6, 6.07) is 0.413. The highest BCUT2D eigenvalue weighted by atomic mass is 16.1. The Morgan fingerprint density at radius 1 is 1.56 bits per heavy atom. The van der Waals surface area contributed by atoms with Crippen LogP contribution in [0.3, 0.4) is 0 Å². The first-order valence-electron chi connectivity index (χ1n) is 6.14. The van der Waals surface area contributed by atoms with Crippen molar-refractivity contribution in [3.63, 3.8) is 0 Å². The molecule has 1 aliphatic rings. The molecule has 0 aromatic heterocycles. The van der Waals surface area contributed by atoms with Crippen LogP contribution in [-0.4, -0.2) is 36.0 Å². The first kappa shape index (κ1) is 13.5. The summed E-state index contributed by atoms with van der Waals surface area (Å²) in [6.45, 7) is 5.51. The molecule has 16 heavy (non-hydrogen) atoms. The summed E-state index contributed by atoms with van der Waals surface area (Å²) in [7, 11) is 2.11. The number of hydrogen-bond acceptors (Lipinski definition) is 3. The molecule has 0 bridgehead atoms. The van der Waals surface area contributed by atoms with Gasteiger partial charge in [-0.3, -0.25) is 4.79 Å². The van der Waals surface area contributed by atoms with Crippen LogP contribution in [0.1, 0.15) is 39.5 Å². The second-order valence-corrected chi connectivity index (χ2v) is 5.58. The van der Waals surface area contributed by atoms with Crippen LogP contribution in [0, 0.1) is 5.92 Å². The second kappa shape index (κ2) is 5.15. The van der Waals surface area contributed by atoms with E-state index >= 15 is 0 Å². The Labute approximate surface area is 98.3 Å². The van der Waals surface area contributed by atoms with Crippen molar-refractivity contribution in [2.45, 2.75) is 51.1 Å². The van der Waals surface area contributed by atoms with E-state index in [-0.39, 0.29) is 5.91 Å². The molecule has 4 heteroatoms. The number of rotatable bonds is 5. The van der Waals surface area contributed by atoms with Crippen LogP contribution in [-0.2, 0) is 4.79 Å². The Hall–Kier alpha value is -0.610. The van der Waals surface area contributed by atoms with E-state index in [2.05, 4.69) is 25.8 Å². The molecule has 0 spiro atoms. The van der Waals surface area contributed by atoms with E-state index in [1.807, 2.05) is 0 Å². The van der Waals surface area contributed by atoms with E-state index in [9.17, 15) is 4.79 Å². The predicted molar refractivity (Wildman–Crippen MR) is 65.8 cm³/mol. The summed E-state index contributed by atoms with van der Waals surface area (Å²) in [4.78, 5) is 13.6.